The number of rotatable bonds is 3. The van der Waals surface area contributed by atoms with E-state index < -0.39 is 16.0 Å². The fourth-order valence-electron chi connectivity index (χ4n) is 1.97. The van der Waals surface area contributed by atoms with Gasteiger partial charge in [0.15, 0.2) is 0 Å². The summed E-state index contributed by atoms with van der Waals surface area (Å²) in [6.07, 6.45) is 0. The molecule has 6 nitrogen and oxygen atoms in total. The molecule has 0 saturated carbocycles. The van der Waals surface area contributed by atoms with Gasteiger partial charge in [-0.25, -0.2) is 13.2 Å². The number of thioether (sulfide) groups is 1. The van der Waals surface area contributed by atoms with E-state index in [2.05, 4.69) is 4.74 Å². The van der Waals surface area contributed by atoms with Gasteiger partial charge in [0.05, 0.1) is 17.6 Å². The van der Waals surface area contributed by atoms with Crippen molar-refractivity contribution in [2.24, 2.45) is 0 Å². The summed E-state index contributed by atoms with van der Waals surface area (Å²) in [6, 6.07) is 4.16. The Morgan fingerprint density at radius 1 is 1.35 bits per heavy atom. The molecule has 1 heterocycles. The van der Waals surface area contributed by atoms with Crippen molar-refractivity contribution < 1.29 is 17.9 Å². The number of benzene rings is 1. The van der Waals surface area contributed by atoms with E-state index in [4.69, 9.17) is 5.73 Å². The van der Waals surface area contributed by atoms with Crippen LogP contribution in [0.2, 0.25) is 0 Å². The maximum atomic E-state index is 12.6. The summed E-state index contributed by atoms with van der Waals surface area (Å²) in [7, 11) is -2.49. The van der Waals surface area contributed by atoms with E-state index in [1.807, 2.05) is 0 Å². The first-order valence-corrected chi connectivity index (χ1v) is 8.62. The second kappa shape index (κ2) is 6.02. The number of carbonyl (C=O) groups excluding carboxylic acids is 1. The molecule has 0 aliphatic carbocycles. The maximum Gasteiger partial charge on any atom is 0.339 e. The molecule has 0 spiro atoms. The molecule has 0 unspecified atom stereocenters. The highest BCUT2D eigenvalue weighted by atomic mass is 32.2. The van der Waals surface area contributed by atoms with Crippen LogP contribution in [0.4, 0.5) is 5.69 Å². The van der Waals surface area contributed by atoms with Crippen molar-refractivity contribution in [3.05, 3.63) is 23.8 Å². The zero-order chi connectivity index (χ0) is 14.8. The van der Waals surface area contributed by atoms with E-state index in [0.29, 0.717) is 18.8 Å². The Kier molecular flexibility index (Phi) is 4.56. The minimum atomic E-state index is -3.70. The Morgan fingerprint density at radius 3 is 2.60 bits per heavy atom. The average molecular weight is 316 g/mol. The fourth-order valence-corrected chi connectivity index (χ4v) is 4.70. The van der Waals surface area contributed by atoms with Crippen molar-refractivity contribution in [3.63, 3.8) is 0 Å². The first kappa shape index (κ1) is 15.1. The van der Waals surface area contributed by atoms with Gasteiger partial charge in [-0.3, -0.25) is 0 Å². The number of sulfonamides is 1. The Morgan fingerprint density at radius 2 is 2.00 bits per heavy atom. The molecule has 1 aromatic carbocycles. The number of anilines is 1. The molecule has 2 N–H and O–H groups in total. The number of ether oxygens (including phenoxy) is 1. The van der Waals surface area contributed by atoms with Gasteiger partial charge in [0.25, 0.3) is 0 Å². The number of esters is 1. The van der Waals surface area contributed by atoms with Gasteiger partial charge in [0, 0.05) is 30.3 Å². The molecule has 110 valence electrons. The highest BCUT2D eigenvalue weighted by Gasteiger charge is 2.30. The molecule has 1 saturated heterocycles. The Bertz CT molecular complexity index is 610. The highest BCUT2D eigenvalue weighted by Crippen LogP contribution is 2.25. The Balaban J connectivity index is 2.48. The molecule has 8 heteroatoms. The Hall–Kier alpha value is -1.25. The van der Waals surface area contributed by atoms with Crippen LogP contribution in [0.15, 0.2) is 23.1 Å². The quantitative estimate of drug-likeness (QED) is 0.655. The summed E-state index contributed by atoms with van der Waals surface area (Å²) < 4.78 is 31.2. The molecule has 0 aromatic heterocycles. The van der Waals surface area contributed by atoms with Crippen LogP contribution in [0.1, 0.15) is 10.4 Å². The third kappa shape index (κ3) is 2.92. The van der Waals surface area contributed by atoms with Crippen LogP contribution in [-0.4, -0.2) is 50.4 Å². The van der Waals surface area contributed by atoms with E-state index >= 15 is 0 Å². The van der Waals surface area contributed by atoms with Crippen LogP contribution in [0, 0.1) is 0 Å². The van der Waals surface area contributed by atoms with Gasteiger partial charge < -0.3 is 10.5 Å². The fraction of sp³-hybridized carbons (Fsp3) is 0.417. The number of nitrogens with zero attached hydrogens (tertiary/aromatic N) is 1. The van der Waals surface area contributed by atoms with Crippen LogP contribution in [0.3, 0.4) is 0 Å². The predicted octanol–water partition coefficient (Wildman–Crippen LogP) is 0.793. The summed E-state index contributed by atoms with van der Waals surface area (Å²) in [5, 5.41) is 0. The molecule has 2 rings (SSSR count). The van der Waals surface area contributed by atoms with Crippen molar-refractivity contribution >= 4 is 33.4 Å². The minimum Gasteiger partial charge on any atom is -0.465 e. The van der Waals surface area contributed by atoms with Gasteiger partial charge in [0.1, 0.15) is 0 Å². The lowest BCUT2D eigenvalue weighted by Crippen LogP contribution is -2.38. The van der Waals surface area contributed by atoms with Gasteiger partial charge in [-0.1, -0.05) is 0 Å². The van der Waals surface area contributed by atoms with E-state index in [0.717, 1.165) is 11.5 Å². The van der Waals surface area contributed by atoms with Crippen molar-refractivity contribution in [2.75, 3.05) is 37.4 Å². The van der Waals surface area contributed by atoms with Crippen molar-refractivity contribution in [2.45, 2.75) is 4.90 Å². The number of carbonyl (C=O) groups is 1. The normalized spacial score (nSPS) is 16.9. The molecule has 1 aromatic rings. The second-order valence-corrected chi connectivity index (χ2v) is 7.39. The average Bonchev–Trinajstić information content (AvgIpc) is 2.47. The van der Waals surface area contributed by atoms with Crippen LogP contribution in [0.5, 0.6) is 0 Å². The zero-order valence-electron chi connectivity index (χ0n) is 11.0. The largest absolute Gasteiger partial charge is 0.465 e. The van der Waals surface area contributed by atoms with Crippen LogP contribution < -0.4 is 5.73 Å². The third-order valence-corrected chi connectivity index (χ3v) is 5.90. The molecular formula is C12H16N2O4S2. The molecule has 20 heavy (non-hydrogen) atoms. The molecular weight excluding hydrogens is 300 g/mol. The summed E-state index contributed by atoms with van der Waals surface area (Å²) >= 11 is 1.71. The second-order valence-electron chi connectivity index (χ2n) is 4.26. The van der Waals surface area contributed by atoms with Crippen LogP contribution in [0.25, 0.3) is 0 Å². The predicted molar refractivity (Wildman–Crippen MR) is 78.3 cm³/mol. The molecule has 1 aliphatic rings. The Labute approximate surface area is 122 Å². The first-order valence-electron chi connectivity index (χ1n) is 6.02. The number of nitrogens with two attached hydrogens (primary N) is 1. The van der Waals surface area contributed by atoms with Crippen molar-refractivity contribution in [1.29, 1.82) is 0 Å². The summed E-state index contributed by atoms with van der Waals surface area (Å²) in [6.45, 7) is 0.885. The molecule has 1 fully saturated rings. The molecule has 1 aliphatic heterocycles. The number of hydrogen-bond acceptors (Lipinski definition) is 6. The van der Waals surface area contributed by atoms with Gasteiger partial charge in [-0.15, -0.1) is 0 Å². The van der Waals surface area contributed by atoms with Crippen molar-refractivity contribution in [3.8, 4) is 0 Å². The van der Waals surface area contributed by atoms with Crippen LogP contribution >= 0.6 is 11.8 Å². The lowest BCUT2D eigenvalue weighted by Gasteiger charge is -2.26. The SMILES string of the molecule is COC(=O)c1cc(N)ccc1S(=O)(=O)N1CCSCC1. The number of nitrogen functional groups attached to an aromatic ring is 1. The maximum absolute atomic E-state index is 12.6. The highest BCUT2D eigenvalue weighted by molar-refractivity contribution is 7.99. The third-order valence-electron chi connectivity index (χ3n) is 3.00. The molecule has 0 atom stereocenters. The first-order chi connectivity index (χ1) is 9.46. The summed E-state index contributed by atoms with van der Waals surface area (Å²) in [4.78, 5) is 11.7. The molecule has 0 amide bonds. The van der Waals surface area contributed by atoms with E-state index in [9.17, 15) is 13.2 Å². The lowest BCUT2D eigenvalue weighted by molar-refractivity contribution is 0.0596. The molecule has 0 radical (unpaired) electrons. The lowest BCUT2D eigenvalue weighted by atomic mass is 10.2. The topological polar surface area (TPSA) is 89.7 Å². The van der Waals surface area contributed by atoms with E-state index in [1.165, 1.54) is 29.6 Å². The smallest absolute Gasteiger partial charge is 0.339 e. The number of hydrogen-bond donors (Lipinski definition) is 1. The van der Waals surface area contributed by atoms with Crippen molar-refractivity contribution in [1.82, 2.24) is 4.31 Å². The number of methoxy groups -OCH3 is 1. The minimum absolute atomic E-state index is 0.0225. The van der Waals surface area contributed by atoms with E-state index in [1.54, 1.807) is 11.8 Å². The standard InChI is InChI=1S/C12H16N2O4S2/c1-18-12(15)10-8-9(13)2-3-11(10)20(16,17)14-4-6-19-7-5-14/h2-3,8H,4-7,13H2,1H3. The zero-order valence-corrected chi connectivity index (χ0v) is 12.7. The molecule has 0 bridgehead atoms. The van der Waals surface area contributed by atoms with Gasteiger partial charge in [-0.2, -0.15) is 16.1 Å². The monoisotopic (exact) mass is 316 g/mol. The van der Waals surface area contributed by atoms with Gasteiger partial charge >= 0.3 is 5.97 Å². The van der Waals surface area contributed by atoms with Gasteiger partial charge in [0.2, 0.25) is 10.0 Å². The summed E-state index contributed by atoms with van der Waals surface area (Å²) in [5.74, 6) is 0.797. The van der Waals surface area contributed by atoms with E-state index in [-0.39, 0.29) is 10.5 Å². The van der Waals surface area contributed by atoms with Crippen LogP contribution in [-0.2, 0) is 14.8 Å². The van der Waals surface area contributed by atoms with Gasteiger partial charge in [-0.05, 0) is 18.2 Å². The summed E-state index contributed by atoms with van der Waals surface area (Å²) in [5.41, 5.74) is 5.92.